The topological polar surface area (TPSA) is 59.4 Å². The number of aromatic amines is 1. The fourth-order valence-corrected chi connectivity index (χ4v) is 3.61. The maximum atomic E-state index is 4.11. The van der Waals surface area contributed by atoms with Gasteiger partial charge in [0.2, 0.25) is 5.82 Å². The molecule has 3 aromatic carbocycles. The first kappa shape index (κ1) is 14.9. The van der Waals surface area contributed by atoms with Crippen molar-refractivity contribution in [1.82, 2.24) is 25.2 Å². The van der Waals surface area contributed by atoms with Crippen molar-refractivity contribution >= 4 is 35.1 Å². The molecule has 124 valence electrons. The van der Waals surface area contributed by atoms with Crippen LogP contribution >= 0.6 is 0 Å². The van der Waals surface area contributed by atoms with E-state index in [2.05, 4.69) is 99.8 Å². The van der Waals surface area contributed by atoms with Crippen LogP contribution in [0.4, 0.5) is 0 Å². The molecule has 0 aliphatic heterocycles. The van der Waals surface area contributed by atoms with E-state index in [1.165, 1.54) is 32.8 Å². The molecule has 26 heavy (non-hydrogen) atoms. The van der Waals surface area contributed by atoms with E-state index in [-0.39, 0.29) is 0 Å². The zero-order valence-electron chi connectivity index (χ0n) is 14.3. The number of nitrogens with zero attached hydrogens (tertiary/aromatic N) is 4. The Hall–Kier alpha value is -3.41. The Bertz CT molecular complexity index is 1220. The average Bonchev–Trinajstić information content (AvgIpc) is 3.31. The van der Waals surface area contributed by atoms with Crippen molar-refractivity contribution in [2.45, 2.75) is 6.54 Å². The monoisotopic (exact) mass is 337 g/mol. The van der Waals surface area contributed by atoms with Crippen LogP contribution in [0.1, 0.15) is 5.56 Å². The lowest BCUT2D eigenvalue weighted by atomic mass is 9.90. The summed E-state index contributed by atoms with van der Waals surface area (Å²) in [4.78, 5) is 0. The molecule has 0 saturated carbocycles. The van der Waals surface area contributed by atoms with Gasteiger partial charge in [-0.2, -0.15) is 5.21 Å². The minimum atomic E-state index is 0.614. The second kappa shape index (κ2) is 5.84. The zero-order chi connectivity index (χ0) is 17.5. The second-order valence-electron chi connectivity index (χ2n) is 6.50. The van der Waals surface area contributed by atoms with Crippen molar-refractivity contribution in [3.05, 3.63) is 72.3 Å². The quantitative estimate of drug-likeness (QED) is 0.514. The van der Waals surface area contributed by atoms with Crippen molar-refractivity contribution < 1.29 is 0 Å². The van der Waals surface area contributed by atoms with Gasteiger partial charge in [0.1, 0.15) is 7.85 Å². The first-order valence-corrected chi connectivity index (χ1v) is 8.60. The molecule has 6 heteroatoms. The number of nitrogens with one attached hydrogen (secondary N) is 1. The summed E-state index contributed by atoms with van der Waals surface area (Å²) < 4.78 is 2.38. The molecule has 1 N–H and O–H groups in total. The molecule has 0 radical (unpaired) electrons. The summed E-state index contributed by atoms with van der Waals surface area (Å²) >= 11 is 0. The van der Waals surface area contributed by atoms with Gasteiger partial charge in [-0.05, 0) is 35.0 Å². The van der Waals surface area contributed by atoms with Crippen LogP contribution in [0.3, 0.4) is 0 Å². The van der Waals surface area contributed by atoms with Gasteiger partial charge in [0.15, 0.2) is 0 Å². The number of tetrazole rings is 1. The predicted molar refractivity (Wildman–Crippen MR) is 106 cm³/mol. The highest BCUT2D eigenvalue weighted by molar-refractivity contribution is 6.33. The molecule has 5 rings (SSSR count). The standard InChI is InChI=1S/C20H16BN5/c21-17-7-3-1-5-14(17)12-26-18-8-4-2-6-15(18)16-11-13(9-10-19(16)26)20-22-24-25-23-20/h1-11H,12,21H2,(H,22,23,24,25). The lowest BCUT2D eigenvalue weighted by Crippen LogP contribution is -2.13. The molecule has 5 nitrogen and oxygen atoms in total. The van der Waals surface area contributed by atoms with E-state index in [1.54, 1.807) is 0 Å². The van der Waals surface area contributed by atoms with Gasteiger partial charge in [-0.1, -0.05) is 47.9 Å². The van der Waals surface area contributed by atoms with Crippen LogP contribution in [0.5, 0.6) is 0 Å². The highest BCUT2D eigenvalue weighted by atomic mass is 15.5. The van der Waals surface area contributed by atoms with Crippen LogP contribution < -0.4 is 5.46 Å². The highest BCUT2D eigenvalue weighted by Gasteiger charge is 2.13. The smallest absolute Gasteiger partial charge is 0.204 e. The van der Waals surface area contributed by atoms with E-state index in [0.717, 1.165) is 12.1 Å². The third-order valence-electron chi connectivity index (χ3n) is 4.97. The summed E-state index contributed by atoms with van der Waals surface area (Å²) in [7, 11) is 2.16. The third-order valence-corrected chi connectivity index (χ3v) is 4.97. The van der Waals surface area contributed by atoms with E-state index in [1.807, 2.05) is 0 Å². The number of H-pyrrole nitrogens is 1. The van der Waals surface area contributed by atoms with E-state index < -0.39 is 0 Å². The van der Waals surface area contributed by atoms with Crippen LogP contribution in [-0.2, 0) is 6.54 Å². The largest absolute Gasteiger partial charge is 0.336 e. The summed E-state index contributed by atoms with van der Waals surface area (Å²) in [5, 5.41) is 16.8. The van der Waals surface area contributed by atoms with Gasteiger partial charge < -0.3 is 4.57 Å². The van der Waals surface area contributed by atoms with Gasteiger partial charge in [-0.3, -0.25) is 0 Å². The lowest BCUT2D eigenvalue weighted by molar-refractivity contribution is 0.874. The Morgan fingerprint density at radius 2 is 1.69 bits per heavy atom. The summed E-state index contributed by atoms with van der Waals surface area (Å²) in [6.45, 7) is 0.845. The van der Waals surface area contributed by atoms with Gasteiger partial charge in [0.05, 0.1) is 0 Å². The normalized spacial score (nSPS) is 11.4. The van der Waals surface area contributed by atoms with Crippen molar-refractivity contribution in [2.75, 3.05) is 0 Å². The molecule has 5 aromatic rings. The molecule has 0 spiro atoms. The molecular formula is C20H16BN5. The summed E-state index contributed by atoms with van der Waals surface area (Å²) in [5.41, 5.74) is 6.04. The molecule has 0 aliphatic carbocycles. The number of fused-ring (bicyclic) bond motifs is 3. The van der Waals surface area contributed by atoms with E-state index >= 15 is 0 Å². The maximum absolute atomic E-state index is 4.11. The Labute approximate surface area is 151 Å². The Morgan fingerprint density at radius 3 is 2.54 bits per heavy atom. The number of rotatable bonds is 3. The summed E-state index contributed by atoms with van der Waals surface area (Å²) in [6, 6.07) is 23.4. The molecule has 0 atom stereocenters. The number of aromatic nitrogens is 5. The fraction of sp³-hybridized carbons (Fsp3) is 0.0500. The molecular weight excluding hydrogens is 321 g/mol. The van der Waals surface area contributed by atoms with Gasteiger partial charge >= 0.3 is 0 Å². The third kappa shape index (κ3) is 2.30. The van der Waals surface area contributed by atoms with Crippen molar-refractivity contribution in [3.8, 4) is 11.4 Å². The SMILES string of the molecule is Bc1ccccc1Cn1c2ccccc2c2cc(-c3nn[nH]n3)ccc21. The van der Waals surface area contributed by atoms with E-state index in [4.69, 9.17) is 0 Å². The van der Waals surface area contributed by atoms with Crippen molar-refractivity contribution in [1.29, 1.82) is 0 Å². The Balaban J connectivity index is 1.75. The zero-order valence-corrected chi connectivity index (χ0v) is 14.3. The summed E-state index contributed by atoms with van der Waals surface area (Å²) in [5.74, 6) is 0.614. The predicted octanol–water partition coefficient (Wildman–Crippen LogP) is 2.28. The minimum absolute atomic E-state index is 0.614. The molecule has 0 amide bonds. The van der Waals surface area contributed by atoms with Gasteiger partial charge in [-0.25, -0.2) is 0 Å². The average molecular weight is 337 g/mol. The van der Waals surface area contributed by atoms with Gasteiger partial charge in [-0.15, -0.1) is 10.2 Å². The van der Waals surface area contributed by atoms with Crippen molar-refractivity contribution in [2.24, 2.45) is 0 Å². The van der Waals surface area contributed by atoms with E-state index in [9.17, 15) is 0 Å². The number of para-hydroxylation sites is 1. The Kier molecular flexibility index (Phi) is 3.35. The van der Waals surface area contributed by atoms with Crippen LogP contribution in [0.25, 0.3) is 33.2 Å². The van der Waals surface area contributed by atoms with Crippen LogP contribution in [0.15, 0.2) is 66.7 Å². The van der Waals surface area contributed by atoms with Crippen molar-refractivity contribution in [3.63, 3.8) is 0 Å². The molecule has 2 aromatic heterocycles. The molecule has 0 saturated heterocycles. The molecule has 0 bridgehead atoms. The van der Waals surface area contributed by atoms with Gasteiger partial charge in [0.25, 0.3) is 0 Å². The first-order chi connectivity index (χ1) is 12.8. The second-order valence-corrected chi connectivity index (χ2v) is 6.50. The molecule has 0 unspecified atom stereocenters. The van der Waals surface area contributed by atoms with Crippen LogP contribution in [0.2, 0.25) is 0 Å². The summed E-state index contributed by atoms with van der Waals surface area (Å²) in [6.07, 6.45) is 0. The van der Waals surface area contributed by atoms with Crippen LogP contribution in [-0.4, -0.2) is 33.0 Å². The highest BCUT2D eigenvalue weighted by Crippen LogP contribution is 2.32. The Morgan fingerprint density at radius 1 is 0.885 bits per heavy atom. The first-order valence-electron chi connectivity index (χ1n) is 8.60. The van der Waals surface area contributed by atoms with Gasteiger partial charge in [0, 0.05) is 33.9 Å². The molecule has 0 aliphatic rings. The number of hydrogen-bond acceptors (Lipinski definition) is 3. The fourth-order valence-electron chi connectivity index (χ4n) is 3.61. The van der Waals surface area contributed by atoms with Crippen LogP contribution in [0, 0.1) is 0 Å². The maximum Gasteiger partial charge on any atom is 0.204 e. The molecule has 0 fully saturated rings. The number of benzene rings is 3. The lowest BCUT2D eigenvalue weighted by Gasteiger charge is -2.10. The van der Waals surface area contributed by atoms with E-state index in [0.29, 0.717) is 5.82 Å². The molecule has 2 heterocycles. The number of hydrogen-bond donors (Lipinski definition) is 1. The minimum Gasteiger partial charge on any atom is -0.336 e.